The van der Waals surface area contributed by atoms with Gasteiger partial charge < -0.3 is 5.73 Å². The first-order valence-corrected chi connectivity index (χ1v) is 4.21. The van der Waals surface area contributed by atoms with Crippen LogP contribution in [0.1, 0.15) is 17.7 Å². The smallest absolute Gasteiger partial charge is 0.267 e. The maximum atomic E-state index is 11.3. The Kier molecular flexibility index (Phi) is 1.58. The molecule has 2 rings (SSSR count). The standard InChI is InChI=1S/C8H13N3O/c1-11-7-3-2-5(9)4-6(7)8(12)10-11/h5H,2-4,9H2,1H3,(H,10,12). The highest BCUT2D eigenvalue weighted by atomic mass is 16.1. The van der Waals surface area contributed by atoms with Crippen molar-refractivity contribution in [1.29, 1.82) is 0 Å². The highest BCUT2D eigenvalue weighted by Crippen LogP contribution is 2.15. The number of H-pyrrole nitrogens is 1. The molecule has 1 aromatic rings. The topological polar surface area (TPSA) is 63.8 Å². The van der Waals surface area contributed by atoms with E-state index in [1.54, 1.807) is 0 Å². The van der Waals surface area contributed by atoms with Gasteiger partial charge in [0.15, 0.2) is 0 Å². The van der Waals surface area contributed by atoms with Crippen molar-refractivity contribution in [3.8, 4) is 0 Å². The number of aromatic nitrogens is 2. The zero-order chi connectivity index (χ0) is 8.72. The molecule has 1 unspecified atom stereocenters. The predicted molar refractivity (Wildman–Crippen MR) is 46.0 cm³/mol. The average molecular weight is 167 g/mol. The molecule has 0 bridgehead atoms. The molecule has 0 fully saturated rings. The van der Waals surface area contributed by atoms with Gasteiger partial charge in [0.2, 0.25) is 0 Å². The van der Waals surface area contributed by atoms with Crippen LogP contribution in [0.5, 0.6) is 0 Å². The fourth-order valence-corrected chi connectivity index (χ4v) is 1.84. The minimum Gasteiger partial charge on any atom is -0.327 e. The van der Waals surface area contributed by atoms with E-state index in [0.717, 1.165) is 30.5 Å². The van der Waals surface area contributed by atoms with Crippen LogP contribution in [0.2, 0.25) is 0 Å². The Hall–Kier alpha value is -1.03. The second-order valence-corrected chi connectivity index (χ2v) is 3.43. The van der Waals surface area contributed by atoms with E-state index in [1.165, 1.54) is 0 Å². The maximum Gasteiger partial charge on any atom is 0.267 e. The number of hydrogen-bond acceptors (Lipinski definition) is 2. The van der Waals surface area contributed by atoms with Crippen LogP contribution in [0, 0.1) is 0 Å². The third-order valence-corrected chi connectivity index (χ3v) is 2.51. The number of rotatable bonds is 0. The number of aromatic amines is 1. The summed E-state index contributed by atoms with van der Waals surface area (Å²) in [6.07, 6.45) is 2.63. The molecule has 0 amide bonds. The van der Waals surface area contributed by atoms with E-state index in [1.807, 2.05) is 11.7 Å². The zero-order valence-corrected chi connectivity index (χ0v) is 7.13. The van der Waals surface area contributed by atoms with Crippen molar-refractivity contribution in [1.82, 2.24) is 9.78 Å². The van der Waals surface area contributed by atoms with Gasteiger partial charge in [-0.05, 0) is 19.3 Å². The summed E-state index contributed by atoms with van der Waals surface area (Å²) >= 11 is 0. The van der Waals surface area contributed by atoms with E-state index < -0.39 is 0 Å². The van der Waals surface area contributed by atoms with Crippen LogP contribution in [-0.2, 0) is 19.9 Å². The van der Waals surface area contributed by atoms with E-state index >= 15 is 0 Å². The van der Waals surface area contributed by atoms with Gasteiger partial charge in [0.1, 0.15) is 0 Å². The average Bonchev–Trinajstić information content (AvgIpc) is 2.28. The van der Waals surface area contributed by atoms with E-state index in [0.29, 0.717) is 0 Å². The summed E-state index contributed by atoms with van der Waals surface area (Å²) < 4.78 is 1.81. The van der Waals surface area contributed by atoms with Crippen molar-refractivity contribution >= 4 is 0 Å². The SMILES string of the molecule is Cn1[nH]c(=O)c2c1CCC(N)C2. The Balaban J connectivity index is 2.52. The summed E-state index contributed by atoms with van der Waals surface area (Å²) in [5.74, 6) is 0. The Bertz CT molecular complexity index is 350. The molecule has 0 aromatic carbocycles. The van der Waals surface area contributed by atoms with E-state index in [9.17, 15) is 4.79 Å². The fourth-order valence-electron chi connectivity index (χ4n) is 1.84. The second kappa shape index (κ2) is 2.48. The van der Waals surface area contributed by atoms with Crippen molar-refractivity contribution < 1.29 is 0 Å². The van der Waals surface area contributed by atoms with E-state index in [-0.39, 0.29) is 11.6 Å². The van der Waals surface area contributed by atoms with Gasteiger partial charge in [-0.25, -0.2) is 0 Å². The van der Waals surface area contributed by atoms with Gasteiger partial charge in [0.05, 0.1) is 0 Å². The monoisotopic (exact) mass is 167 g/mol. The molecule has 0 saturated heterocycles. The van der Waals surface area contributed by atoms with E-state index in [2.05, 4.69) is 5.10 Å². The normalized spacial score (nSPS) is 22.3. The minimum absolute atomic E-state index is 0.0302. The van der Waals surface area contributed by atoms with Crippen LogP contribution in [0.3, 0.4) is 0 Å². The third-order valence-electron chi connectivity index (χ3n) is 2.51. The summed E-state index contributed by atoms with van der Waals surface area (Å²) in [7, 11) is 1.87. The number of fused-ring (bicyclic) bond motifs is 1. The molecule has 1 aromatic heterocycles. The van der Waals surface area contributed by atoms with Gasteiger partial charge in [-0.1, -0.05) is 0 Å². The summed E-state index contributed by atoms with van der Waals surface area (Å²) in [6.45, 7) is 0. The first kappa shape index (κ1) is 7.61. The Labute approximate surface area is 70.4 Å². The lowest BCUT2D eigenvalue weighted by Gasteiger charge is -2.17. The first-order chi connectivity index (χ1) is 5.68. The third kappa shape index (κ3) is 0.992. The fraction of sp³-hybridized carbons (Fsp3) is 0.625. The zero-order valence-electron chi connectivity index (χ0n) is 7.13. The van der Waals surface area contributed by atoms with Crippen LogP contribution >= 0.6 is 0 Å². The molecule has 66 valence electrons. The largest absolute Gasteiger partial charge is 0.327 e. The van der Waals surface area contributed by atoms with Crippen molar-refractivity contribution in [2.45, 2.75) is 25.3 Å². The molecular weight excluding hydrogens is 154 g/mol. The lowest BCUT2D eigenvalue weighted by Crippen LogP contribution is -2.30. The van der Waals surface area contributed by atoms with Crippen molar-refractivity contribution in [3.63, 3.8) is 0 Å². The van der Waals surface area contributed by atoms with Crippen LogP contribution in [0.15, 0.2) is 4.79 Å². The molecular formula is C8H13N3O. The Morgan fingerprint density at radius 2 is 2.42 bits per heavy atom. The molecule has 3 N–H and O–H groups in total. The number of nitrogens with zero attached hydrogens (tertiary/aromatic N) is 1. The lowest BCUT2D eigenvalue weighted by molar-refractivity contribution is 0.552. The van der Waals surface area contributed by atoms with Gasteiger partial charge in [-0.3, -0.25) is 14.6 Å². The van der Waals surface area contributed by atoms with Crippen molar-refractivity contribution in [2.75, 3.05) is 0 Å². The number of hydrogen-bond donors (Lipinski definition) is 2. The van der Waals surface area contributed by atoms with E-state index in [4.69, 9.17) is 5.73 Å². The number of nitrogens with two attached hydrogens (primary N) is 1. The molecule has 0 radical (unpaired) electrons. The summed E-state index contributed by atoms with van der Waals surface area (Å²) in [6, 6.07) is 0.168. The molecule has 0 aliphatic heterocycles. The predicted octanol–water partition coefficient (Wildman–Crippen LogP) is -0.471. The number of aryl methyl sites for hydroxylation is 1. The first-order valence-electron chi connectivity index (χ1n) is 4.21. The van der Waals surface area contributed by atoms with Crippen LogP contribution in [0.4, 0.5) is 0 Å². The molecule has 4 heteroatoms. The van der Waals surface area contributed by atoms with Gasteiger partial charge in [0, 0.05) is 24.3 Å². The molecule has 4 nitrogen and oxygen atoms in total. The van der Waals surface area contributed by atoms with Gasteiger partial charge in [-0.2, -0.15) is 0 Å². The van der Waals surface area contributed by atoms with Crippen molar-refractivity contribution in [3.05, 3.63) is 21.6 Å². The second-order valence-electron chi connectivity index (χ2n) is 3.43. The quantitative estimate of drug-likeness (QED) is 0.548. The highest BCUT2D eigenvalue weighted by molar-refractivity contribution is 5.22. The molecule has 1 aliphatic carbocycles. The molecule has 1 atom stereocenters. The Morgan fingerprint density at radius 1 is 1.67 bits per heavy atom. The molecule has 1 heterocycles. The van der Waals surface area contributed by atoms with Gasteiger partial charge in [0.25, 0.3) is 5.56 Å². The summed E-state index contributed by atoms with van der Waals surface area (Å²) in [4.78, 5) is 11.3. The van der Waals surface area contributed by atoms with Crippen molar-refractivity contribution in [2.24, 2.45) is 12.8 Å². The Morgan fingerprint density at radius 3 is 3.17 bits per heavy atom. The van der Waals surface area contributed by atoms with Gasteiger partial charge in [-0.15, -0.1) is 0 Å². The summed E-state index contributed by atoms with van der Waals surface area (Å²) in [5, 5.41) is 2.74. The molecule has 0 spiro atoms. The van der Waals surface area contributed by atoms with Crippen LogP contribution < -0.4 is 11.3 Å². The summed E-state index contributed by atoms with van der Waals surface area (Å²) in [5.41, 5.74) is 7.81. The molecule has 0 saturated carbocycles. The minimum atomic E-state index is 0.0302. The maximum absolute atomic E-state index is 11.3. The van der Waals surface area contributed by atoms with Crippen LogP contribution in [0.25, 0.3) is 0 Å². The van der Waals surface area contributed by atoms with Gasteiger partial charge >= 0.3 is 0 Å². The highest BCUT2D eigenvalue weighted by Gasteiger charge is 2.21. The molecule has 1 aliphatic rings. The lowest BCUT2D eigenvalue weighted by atomic mass is 9.94. The molecule has 12 heavy (non-hydrogen) atoms. The van der Waals surface area contributed by atoms with Crippen LogP contribution in [-0.4, -0.2) is 15.8 Å². The number of nitrogens with one attached hydrogen (secondary N) is 1.